The first-order valence-electron chi connectivity index (χ1n) is 5.24. The monoisotopic (exact) mass is 353 g/mol. The molecular weight excluding hydrogens is 337 g/mol. The molecule has 0 fully saturated rings. The molecule has 16 heavy (non-hydrogen) atoms. The Labute approximate surface area is 111 Å². The van der Waals surface area contributed by atoms with E-state index in [1.54, 1.807) is 0 Å². The van der Waals surface area contributed by atoms with Gasteiger partial charge in [-0.2, -0.15) is 0 Å². The van der Waals surface area contributed by atoms with E-state index in [0.717, 1.165) is 9.26 Å². The summed E-state index contributed by atoms with van der Waals surface area (Å²) in [5, 5.41) is 3.14. The molecule has 0 radical (unpaired) electrons. The Kier molecular flexibility index (Phi) is 5.54. The van der Waals surface area contributed by atoms with Crippen molar-refractivity contribution >= 4 is 38.1 Å². The van der Waals surface area contributed by atoms with E-state index in [1.807, 2.05) is 31.2 Å². The fraction of sp³-hybridized carbons (Fsp3) is 0.455. The number of rotatable bonds is 6. The highest BCUT2D eigenvalue weighted by Gasteiger charge is 2.08. The van der Waals surface area contributed by atoms with E-state index in [9.17, 15) is 8.42 Å². The third kappa shape index (κ3) is 4.69. The number of para-hydroxylation sites is 1. The molecule has 0 bridgehead atoms. The Morgan fingerprint density at radius 3 is 2.56 bits per heavy atom. The minimum Gasteiger partial charge on any atom is -0.383 e. The minimum absolute atomic E-state index is 0.200. The molecule has 0 atom stereocenters. The zero-order chi connectivity index (χ0) is 12.0. The van der Waals surface area contributed by atoms with Gasteiger partial charge in [0.1, 0.15) is 0 Å². The Morgan fingerprint density at radius 2 is 1.94 bits per heavy atom. The van der Waals surface area contributed by atoms with Gasteiger partial charge < -0.3 is 5.32 Å². The Balaban J connectivity index is 2.45. The first kappa shape index (κ1) is 13.8. The largest absolute Gasteiger partial charge is 0.383 e. The van der Waals surface area contributed by atoms with Gasteiger partial charge in [0, 0.05) is 21.6 Å². The van der Waals surface area contributed by atoms with Gasteiger partial charge >= 0.3 is 0 Å². The molecule has 90 valence electrons. The predicted molar refractivity (Wildman–Crippen MR) is 76.6 cm³/mol. The lowest BCUT2D eigenvalue weighted by Crippen LogP contribution is -2.18. The fourth-order valence-corrected chi connectivity index (χ4v) is 3.18. The topological polar surface area (TPSA) is 46.2 Å². The fourth-order valence-electron chi connectivity index (χ4n) is 1.36. The zero-order valence-electron chi connectivity index (χ0n) is 9.24. The standard InChI is InChI=1S/C11H16INO2S/c1-2-8-16(14,15)9-7-13-11-6-4-3-5-10(11)12/h3-6,13H,2,7-9H2,1H3. The molecular formula is C11H16INO2S. The Bertz CT molecular complexity index is 431. The van der Waals surface area contributed by atoms with Gasteiger partial charge in [-0.1, -0.05) is 19.1 Å². The summed E-state index contributed by atoms with van der Waals surface area (Å²) in [7, 11) is -2.88. The van der Waals surface area contributed by atoms with Crippen LogP contribution in [0.25, 0.3) is 0 Å². The van der Waals surface area contributed by atoms with Crippen LogP contribution in [0.1, 0.15) is 13.3 Å². The van der Waals surface area contributed by atoms with E-state index < -0.39 is 9.84 Å². The summed E-state index contributed by atoms with van der Waals surface area (Å²) < 4.78 is 24.0. The van der Waals surface area contributed by atoms with Gasteiger partial charge in [0.15, 0.2) is 9.84 Å². The molecule has 0 saturated carbocycles. The highest BCUT2D eigenvalue weighted by atomic mass is 127. The van der Waals surface area contributed by atoms with Crippen LogP contribution in [-0.4, -0.2) is 26.5 Å². The number of halogens is 1. The SMILES string of the molecule is CCCS(=O)(=O)CCNc1ccccc1I. The van der Waals surface area contributed by atoms with Gasteiger partial charge in [-0.25, -0.2) is 8.42 Å². The molecule has 1 aromatic rings. The lowest BCUT2D eigenvalue weighted by Gasteiger charge is -2.08. The number of benzene rings is 1. The molecule has 3 nitrogen and oxygen atoms in total. The summed E-state index contributed by atoms with van der Waals surface area (Å²) in [4.78, 5) is 0. The van der Waals surface area contributed by atoms with Crippen LogP contribution >= 0.6 is 22.6 Å². The molecule has 0 aliphatic carbocycles. The molecule has 0 amide bonds. The van der Waals surface area contributed by atoms with E-state index in [2.05, 4.69) is 27.9 Å². The van der Waals surface area contributed by atoms with Crippen LogP contribution in [0.4, 0.5) is 5.69 Å². The molecule has 0 aliphatic rings. The normalized spacial score (nSPS) is 11.4. The molecule has 1 N–H and O–H groups in total. The van der Waals surface area contributed by atoms with Crippen molar-refractivity contribution in [2.75, 3.05) is 23.4 Å². The molecule has 0 spiro atoms. The molecule has 0 heterocycles. The number of nitrogens with one attached hydrogen (secondary N) is 1. The maximum atomic E-state index is 11.5. The van der Waals surface area contributed by atoms with Crippen molar-refractivity contribution in [1.29, 1.82) is 0 Å². The first-order chi connectivity index (χ1) is 7.55. The molecule has 0 saturated heterocycles. The van der Waals surface area contributed by atoms with E-state index in [-0.39, 0.29) is 11.5 Å². The molecule has 0 aliphatic heterocycles. The van der Waals surface area contributed by atoms with Gasteiger partial charge in [0.25, 0.3) is 0 Å². The van der Waals surface area contributed by atoms with E-state index in [1.165, 1.54) is 0 Å². The van der Waals surface area contributed by atoms with Gasteiger partial charge in [0.05, 0.1) is 5.75 Å². The second kappa shape index (κ2) is 6.44. The second-order valence-electron chi connectivity index (χ2n) is 3.56. The molecule has 5 heteroatoms. The van der Waals surface area contributed by atoms with Crippen molar-refractivity contribution in [1.82, 2.24) is 0 Å². The quantitative estimate of drug-likeness (QED) is 0.800. The lowest BCUT2D eigenvalue weighted by molar-refractivity contribution is 0.595. The summed E-state index contributed by atoms with van der Waals surface area (Å²) in [5.41, 5.74) is 0.995. The summed E-state index contributed by atoms with van der Waals surface area (Å²) in [6.07, 6.45) is 0.686. The highest BCUT2D eigenvalue weighted by molar-refractivity contribution is 14.1. The van der Waals surface area contributed by atoms with E-state index in [4.69, 9.17) is 0 Å². The third-order valence-corrected chi connectivity index (χ3v) is 4.91. The summed E-state index contributed by atoms with van der Waals surface area (Å²) in [6.45, 7) is 2.35. The van der Waals surface area contributed by atoms with E-state index in [0.29, 0.717) is 13.0 Å². The van der Waals surface area contributed by atoms with Crippen LogP contribution in [0.15, 0.2) is 24.3 Å². The molecule has 0 unspecified atom stereocenters. The number of anilines is 1. The smallest absolute Gasteiger partial charge is 0.152 e. The second-order valence-corrected chi connectivity index (χ2v) is 7.02. The van der Waals surface area contributed by atoms with Crippen LogP contribution in [0.3, 0.4) is 0 Å². The average molecular weight is 353 g/mol. The van der Waals surface area contributed by atoms with Gasteiger partial charge in [-0.15, -0.1) is 0 Å². The van der Waals surface area contributed by atoms with Crippen molar-refractivity contribution in [3.05, 3.63) is 27.8 Å². The molecule has 0 aromatic heterocycles. The predicted octanol–water partition coefficient (Wildman–Crippen LogP) is 2.53. The van der Waals surface area contributed by atoms with E-state index >= 15 is 0 Å². The van der Waals surface area contributed by atoms with Gasteiger partial charge in [-0.05, 0) is 41.1 Å². The Morgan fingerprint density at radius 1 is 1.25 bits per heavy atom. The Hall–Kier alpha value is -0.300. The van der Waals surface area contributed by atoms with Crippen molar-refractivity contribution in [3.63, 3.8) is 0 Å². The summed E-state index contributed by atoms with van der Waals surface area (Å²) in [6, 6.07) is 7.84. The van der Waals surface area contributed by atoms with Crippen molar-refractivity contribution in [2.24, 2.45) is 0 Å². The molecule has 1 aromatic carbocycles. The third-order valence-electron chi connectivity index (χ3n) is 2.12. The van der Waals surface area contributed by atoms with Crippen LogP contribution < -0.4 is 5.32 Å². The first-order valence-corrected chi connectivity index (χ1v) is 8.14. The van der Waals surface area contributed by atoms with Crippen molar-refractivity contribution in [3.8, 4) is 0 Å². The van der Waals surface area contributed by atoms with Crippen LogP contribution in [0, 0.1) is 3.57 Å². The number of hydrogen-bond acceptors (Lipinski definition) is 3. The van der Waals surface area contributed by atoms with Crippen molar-refractivity contribution in [2.45, 2.75) is 13.3 Å². The van der Waals surface area contributed by atoms with Gasteiger partial charge in [-0.3, -0.25) is 0 Å². The zero-order valence-corrected chi connectivity index (χ0v) is 12.2. The highest BCUT2D eigenvalue weighted by Crippen LogP contribution is 2.16. The summed E-state index contributed by atoms with van der Waals surface area (Å²) >= 11 is 2.23. The van der Waals surface area contributed by atoms with Crippen LogP contribution in [-0.2, 0) is 9.84 Å². The van der Waals surface area contributed by atoms with Gasteiger partial charge in [0.2, 0.25) is 0 Å². The maximum Gasteiger partial charge on any atom is 0.152 e. The summed E-state index contributed by atoms with van der Waals surface area (Å²) in [5.74, 6) is 0.479. The van der Waals surface area contributed by atoms with Crippen LogP contribution in [0.5, 0.6) is 0 Å². The average Bonchev–Trinajstić information content (AvgIpc) is 2.20. The number of hydrogen-bond donors (Lipinski definition) is 1. The number of sulfone groups is 1. The maximum absolute atomic E-state index is 11.5. The minimum atomic E-state index is -2.88. The molecule has 1 rings (SSSR count). The van der Waals surface area contributed by atoms with Crippen LogP contribution in [0.2, 0.25) is 0 Å². The van der Waals surface area contributed by atoms with Crippen molar-refractivity contribution < 1.29 is 8.42 Å². The lowest BCUT2D eigenvalue weighted by atomic mass is 10.3.